The van der Waals surface area contributed by atoms with E-state index in [0.717, 1.165) is 63.0 Å². The number of carbonyl (C=O) groups excluding carboxylic acids is 1. The van der Waals surface area contributed by atoms with Crippen LogP contribution < -0.4 is 21.5 Å². The lowest BCUT2D eigenvalue weighted by Crippen LogP contribution is -2.48. The first-order chi connectivity index (χ1) is 16.9. The standard InChI is InChI=1S/C27H39N5O3/c1-4-32-24(16-25(33)29(3)27(32)35)31-13-7-10-23(19-31)26(34)28-17-21-11-14-30(15-12-21)18-22-9-6-5-8-20(22)2/h5-6,8-9,16,21,23H,4,7,10-15,17-19H2,1-3H3,(H,28,34). The first-order valence-corrected chi connectivity index (χ1v) is 13.0. The molecule has 1 aromatic carbocycles. The Bertz CT molecular complexity index is 1150. The lowest BCUT2D eigenvalue weighted by atomic mass is 9.94. The molecule has 1 amide bonds. The van der Waals surface area contributed by atoms with Gasteiger partial charge in [0.2, 0.25) is 5.91 Å². The van der Waals surface area contributed by atoms with E-state index in [2.05, 4.69) is 41.4 Å². The Hall–Kier alpha value is -2.87. The SMILES string of the molecule is CCn1c(N2CCCC(C(=O)NCC3CCN(Cc4ccccc4C)CC3)C2)cc(=O)n(C)c1=O. The molecule has 1 unspecified atom stereocenters. The molecule has 2 saturated heterocycles. The van der Waals surface area contributed by atoms with Crippen molar-refractivity contribution in [2.75, 3.05) is 37.6 Å². The van der Waals surface area contributed by atoms with E-state index in [4.69, 9.17) is 0 Å². The summed E-state index contributed by atoms with van der Waals surface area (Å²) in [7, 11) is 1.50. The number of carbonyl (C=O) groups is 1. The summed E-state index contributed by atoms with van der Waals surface area (Å²) in [5, 5.41) is 3.21. The maximum atomic E-state index is 13.0. The molecule has 2 fully saturated rings. The number of rotatable bonds is 7. The third kappa shape index (κ3) is 5.86. The molecule has 2 aromatic rings. The predicted octanol–water partition coefficient (Wildman–Crippen LogP) is 2.12. The number of aromatic nitrogens is 2. The van der Waals surface area contributed by atoms with E-state index < -0.39 is 0 Å². The molecule has 4 rings (SSSR count). The maximum Gasteiger partial charge on any atom is 0.332 e. The number of hydrogen-bond donors (Lipinski definition) is 1. The van der Waals surface area contributed by atoms with Gasteiger partial charge in [-0.1, -0.05) is 24.3 Å². The molecule has 0 aliphatic carbocycles. The van der Waals surface area contributed by atoms with Gasteiger partial charge in [-0.2, -0.15) is 0 Å². The Kier molecular flexibility index (Phi) is 8.11. The second-order valence-corrected chi connectivity index (χ2v) is 10.1. The Morgan fingerprint density at radius 2 is 1.83 bits per heavy atom. The molecule has 35 heavy (non-hydrogen) atoms. The van der Waals surface area contributed by atoms with Crippen LogP contribution in [-0.2, 0) is 24.9 Å². The molecule has 0 radical (unpaired) electrons. The number of anilines is 1. The zero-order valence-electron chi connectivity index (χ0n) is 21.3. The highest BCUT2D eigenvalue weighted by molar-refractivity contribution is 5.79. The highest BCUT2D eigenvalue weighted by Crippen LogP contribution is 2.23. The lowest BCUT2D eigenvalue weighted by molar-refractivity contribution is -0.125. The molecule has 0 bridgehead atoms. The molecule has 8 nitrogen and oxygen atoms in total. The third-order valence-electron chi connectivity index (χ3n) is 7.74. The normalized spacial score (nSPS) is 19.6. The average molecular weight is 482 g/mol. The quantitative estimate of drug-likeness (QED) is 0.655. The van der Waals surface area contributed by atoms with E-state index in [-0.39, 0.29) is 23.1 Å². The van der Waals surface area contributed by atoms with Gasteiger partial charge in [-0.25, -0.2) is 4.79 Å². The van der Waals surface area contributed by atoms with Crippen molar-refractivity contribution in [3.8, 4) is 0 Å². The van der Waals surface area contributed by atoms with Crippen molar-refractivity contribution in [1.82, 2.24) is 19.4 Å². The van der Waals surface area contributed by atoms with Gasteiger partial charge in [0.1, 0.15) is 5.82 Å². The minimum atomic E-state index is -0.310. The van der Waals surface area contributed by atoms with Crippen molar-refractivity contribution in [2.45, 2.75) is 52.6 Å². The van der Waals surface area contributed by atoms with Crippen molar-refractivity contribution in [3.05, 3.63) is 62.3 Å². The zero-order chi connectivity index (χ0) is 24.9. The molecule has 1 atom stereocenters. The molecular weight excluding hydrogens is 442 g/mol. The van der Waals surface area contributed by atoms with Gasteiger partial charge in [0, 0.05) is 45.8 Å². The van der Waals surface area contributed by atoms with Crippen LogP contribution in [0.1, 0.15) is 43.7 Å². The van der Waals surface area contributed by atoms with Crippen LogP contribution in [0, 0.1) is 18.8 Å². The van der Waals surface area contributed by atoms with Crippen LogP contribution in [-0.4, -0.2) is 52.7 Å². The van der Waals surface area contributed by atoms with Gasteiger partial charge >= 0.3 is 5.69 Å². The van der Waals surface area contributed by atoms with Gasteiger partial charge < -0.3 is 10.2 Å². The van der Waals surface area contributed by atoms with Gasteiger partial charge in [0.15, 0.2) is 0 Å². The maximum absolute atomic E-state index is 13.0. The van der Waals surface area contributed by atoms with E-state index in [1.807, 2.05) is 11.8 Å². The van der Waals surface area contributed by atoms with Gasteiger partial charge in [0.25, 0.3) is 5.56 Å². The fourth-order valence-electron chi connectivity index (χ4n) is 5.38. The zero-order valence-corrected chi connectivity index (χ0v) is 21.3. The second kappa shape index (κ2) is 11.2. The summed E-state index contributed by atoms with van der Waals surface area (Å²) in [6, 6.07) is 10.1. The number of benzene rings is 1. The molecule has 1 aromatic heterocycles. The second-order valence-electron chi connectivity index (χ2n) is 10.1. The Morgan fingerprint density at radius 3 is 2.54 bits per heavy atom. The van der Waals surface area contributed by atoms with E-state index in [1.54, 1.807) is 4.57 Å². The van der Waals surface area contributed by atoms with Crippen LogP contribution in [0.15, 0.2) is 39.9 Å². The van der Waals surface area contributed by atoms with Crippen molar-refractivity contribution in [2.24, 2.45) is 18.9 Å². The summed E-state index contributed by atoms with van der Waals surface area (Å²) in [4.78, 5) is 42.3. The minimum absolute atomic E-state index is 0.0891. The first kappa shape index (κ1) is 25.2. The van der Waals surface area contributed by atoms with Crippen molar-refractivity contribution < 1.29 is 4.79 Å². The summed E-state index contributed by atoms with van der Waals surface area (Å²) in [6.45, 7) is 9.67. The number of piperidine rings is 2. The fourth-order valence-corrected chi connectivity index (χ4v) is 5.38. The molecule has 3 heterocycles. The molecule has 8 heteroatoms. The molecule has 2 aliphatic heterocycles. The van der Waals surface area contributed by atoms with Crippen LogP contribution in [0.5, 0.6) is 0 Å². The summed E-state index contributed by atoms with van der Waals surface area (Å²) in [5.41, 5.74) is 2.12. The number of nitrogens with one attached hydrogen (secondary N) is 1. The number of likely N-dealkylation sites (tertiary alicyclic amines) is 1. The topological polar surface area (TPSA) is 79.6 Å². The van der Waals surface area contributed by atoms with E-state index in [9.17, 15) is 14.4 Å². The highest BCUT2D eigenvalue weighted by atomic mass is 16.2. The lowest BCUT2D eigenvalue weighted by Gasteiger charge is -2.35. The smallest absolute Gasteiger partial charge is 0.332 e. The average Bonchev–Trinajstić information content (AvgIpc) is 2.88. The van der Waals surface area contributed by atoms with Crippen molar-refractivity contribution >= 4 is 11.7 Å². The monoisotopic (exact) mass is 481 g/mol. The third-order valence-corrected chi connectivity index (χ3v) is 7.74. The van der Waals surface area contributed by atoms with Gasteiger partial charge in [-0.3, -0.25) is 23.6 Å². The number of hydrogen-bond acceptors (Lipinski definition) is 5. The fraction of sp³-hybridized carbons (Fsp3) is 0.593. The summed E-state index contributed by atoms with van der Waals surface area (Å²) < 4.78 is 2.75. The molecule has 2 aliphatic rings. The van der Waals surface area contributed by atoms with E-state index in [1.165, 1.54) is 24.2 Å². The number of nitrogens with zero attached hydrogens (tertiary/aromatic N) is 4. The first-order valence-electron chi connectivity index (χ1n) is 13.0. The molecule has 0 spiro atoms. The summed E-state index contributed by atoms with van der Waals surface area (Å²) in [6.07, 6.45) is 3.89. The number of amides is 1. The van der Waals surface area contributed by atoms with Gasteiger partial charge in [-0.15, -0.1) is 0 Å². The molecule has 1 N–H and O–H groups in total. The Morgan fingerprint density at radius 1 is 1.09 bits per heavy atom. The summed E-state index contributed by atoms with van der Waals surface area (Å²) >= 11 is 0. The van der Waals surface area contributed by atoms with Crippen LogP contribution in [0.3, 0.4) is 0 Å². The Balaban J connectivity index is 1.28. The van der Waals surface area contributed by atoms with Crippen LogP contribution >= 0.6 is 0 Å². The van der Waals surface area contributed by atoms with Crippen molar-refractivity contribution in [1.29, 1.82) is 0 Å². The van der Waals surface area contributed by atoms with E-state index >= 15 is 0 Å². The van der Waals surface area contributed by atoms with Gasteiger partial charge in [-0.05, 0) is 69.7 Å². The largest absolute Gasteiger partial charge is 0.357 e. The molecule has 0 saturated carbocycles. The van der Waals surface area contributed by atoms with Crippen LogP contribution in [0.4, 0.5) is 5.82 Å². The summed E-state index contributed by atoms with van der Waals surface area (Å²) in [5.74, 6) is 1.09. The highest BCUT2D eigenvalue weighted by Gasteiger charge is 2.29. The van der Waals surface area contributed by atoms with Crippen LogP contribution in [0.2, 0.25) is 0 Å². The van der Waals surface area contributed by atoms with Gasteiger partial charge in [0.05, 0.1) is 5.92 Å². The number of aryl methyl sites for hydroxylation is 1. The predicted molar refractivity (Wildman–Crippen MR) is 139 cm³/mol. The molecular formula is C27H39N5O3. The molecule has 190 valence electrons. The van der Waals surface area contributed by atoms with E-state index in [0.29, 0.717) is 24.8 Å². The Labute approximate surface area is 207 Å². The van der Waals surface area contributed by atoms with Crippen LogP contribution in [0.25, 0.3) is 0 Å². The minimum Gasteiger partial charge on any atom is -0.357 e. The van der Waals surface area contributed by atoms with Crippen molar-refractivity contribution in [3.63, 3.8) is 0 Å².